The maximum Gasteiger partial charge on any atom is 0.321 e. The van der Waals surface area contributed by atoms with Crippen LogP contribution < -0.4 is 5.32 Å². The summed E-state index contributed by atoms with van der Waals surface area (Å²) in [6.45, 7) is 0. The molecule has 5 heteroatoms. The van der Waals surface area contributed by atoms with Gasteiger partial charge >= 0.3 is 6.01 Å². The molecule has 4 nitrogen and oxygen atoms in total. The highest BCUT2D eigenvalue weighted by molar-refractivity contribution is 5.25. The van der Waals surface area contributed by atoms with Crippen LogP contribution >= 0.6 is 0 Å². The molecule has 0 saturated heterocycles. The van der Waals surface area contributed by atoms with Crippen molar-refractivity contribution in [1.82, 2.24) is 10.1 Å². The second-order valence-corrected chi connectivity index (χ2v) is 4.24. The number of benzene rings is 1. The van der Waals surface area contributed by atoms with E-state index in [9.17, 15) is 4.39 Å². The molecular weight excluding hydrogens is 221 g/mol. The summed E-state index contributed by atoms with van der Waals surface area (Å²) in [5.74, 6) is 0.373. The van der Waals surface area contributed by atoms with E-state index in [1.807, 2.05) is 0 Å². The van der Waals surface area contributed by atoms with E-state index in [1.165, 1.54) is 12.1 Å². The summed E-state index contributed by atoms with van der Waals surface area (Å²) in [7, 11) is 0. The standard InChI is InChI=1S/C12H12FN3O/c13-9-3-1-8(2-4-9)7-11-15-12(17-16-11)14-10-5-6-10/h1-4,10H,5-7H2,(H,14,15,16). The summed E-state index contributed by atoms with van der Waals surface area (Å²) in [5, 5.41) is 7.00. The van der Waals surface area contributed by atoms with Crippen molar-refractivity contribution in [2.75, 3.05) is 5.32 Å². The van der Waals surface area contributed by atoms with Gasteiger partial charge < -0.3 is 9.84 Å². The fraction of sp³-hybridized carbons (Fsp3) is 0.333. The van der Waals surface area contributed by atoms with Crippen LogP contribution in [0.15, 0.2) is 28.8 Å². The molecule has 1 fully saturated rings. The van der Waals surface area contributed by atoms with Crippen molar-refractivity contribution in [2.24, 2.45) is 0 Å². The minimum Gasteiger partial charge on any atom is -0.335 e. The normalized spacial score (nSPS) is 14.9. The van der Waals surface area contributed by atoms with E-state index in [0.29, 0.717) is 24.3 Å². The number of nitrogens with one attached hydrogen (secondary N) is 1. The van der Waals surface area contributed by atoms with Crippen LogP contribution in [0.5, 0.6) is 0 Å². The lowest BCUT2D eigenvalue weighted by Crippen LogP contribution is -2.00. The summed E-state index contributed by atoms with van der Waals surface area (Å²) in [5.41, 5.74) is 0.963. The lowest BCUT2D eigenvalue weighted by atomic mass is 10.1. The molecule has 88 valence electrons. The van der Waals surface area contributed by atoms with Gasteiger partial charge in [-0.15, -0.1) is 0 Å². The van der Waals surface area contributed by atoms with Gasteiger partial charge in [-0.1, -0.05) is 17.3 Å². The highest BCUT2D eigenvalue weighted by Crippen LogP contribution is 2.23. The first-order chi connectivity index (χ1) is 8.29. The smallest absolute Gasteiger partial charge is 0.321 e. The zero-order valence-electron chi connectivity index (χ0n) is 9.19. The molecule has 1 aromatic carbocycles. The Morgan fingerprint density at radius 2 is 2.06 bits per heavy atom. The monoisotopic (exact) mass is 233 g/mol. The van der Waals surface area contributed by atoms with Crippen LogP contribution in [-0.4, -0.2) is 16.2 Å². The molecule has 3 rings (SSSR count). The average molecular weight is 233 g/mol. The first-order valence-electron chi connectivity index (χ1n) is 5.63. The van der Waals surface area contributed by atoms with Gasteiger partial charge in [0.15, 0.2) is 5.82 Å². The third kappa shape index (κ3) is 2.61. The Morgan fingerprint density at radius 1 is 1.29 bits per heavy atom. The molecule has 0 atom stereocenters. The topological polar surface area (TPSA) is 51.0 Å². The molecule has 0 amide bonds. The number of anilines is 1. The van der Waals surface area contributed by atoms with Crippen LogP contribution in [0.4, 0.5) is 10.4 Å². The molecule has 17 heavy (non-hydrogen) atoms. The first kappa shape index (κ1) is 10.3. The fourth-order valence-corrected chi connectivity index (χ4v) is 1.57. The van der Waals surface area contributed by atoms with Crippen LogP contribution in [-0.2, 0) is 6.42 Å². The summed E-state index contributed by atoms with van der Waals surface area (Å²) in [6, 6.07) is 7.27. The Bertz CT molecular complexity index is 505. The van der Waals surface area contributed by atoms with E-state index in [0.717, 1.165) is 18.4 Å². The molecule has 1 saturated carbocycles. The van der Waals surface area contributed by atoms with Gasteiger partial charge in [0.2, 0.25) is 0 Å². The zero-order chi connectivity index (χ0) is 11.7. The third-order valence-corrected chi connectivity index (χ3v) is 2.65. The quantitative estimate of drug-likeness (QED) is 0.880. The van der Waals surface area contributed by atoms with E-state index in [1.54, 1.807) is 12.1 Å². The van der Waals surface area contributed by atoms with Crippen molar-refractivity contribution >= 4 is 6.01 Å². The van der Waals surface area contributed by atoms with Crippen LogP contribution in [0.3, 0.4) is 0 Å². The number of halogens is 1. The van der Waals surface area contributed by atoms with Gasteiger partial charge in [0.05, 0.1) is 0 Å². The van der Waals surface area contributed by atoms with Crippen molar-refractivity contribution in [1.29, 1.82) is 0 Å². The van der Waals surface area contributed by atoms with Crippen LogP contribution in [0.25, 0.3) is 0 Å². The average Bonchev–Trinajstić information content (AvgIpc) is 3.02. The van der Waals surface area contributed by atoms with Crippen molar-refractivity contribution < 1.29 is 8.91 Å². The summed E-state index contributed by atoms with van der Waals surface area (Å²) in [6.07, 6.45) is 2.88. The van der Waals surface area contributed by atoms with Gasteiger partial charge in [-0.3, -0.25) is 0 Å². The molecule has 1 aliphatic carbocycles. The Hall–Kier alpha value is -1.91. The van der Waals surface area contributed by atoms with Gasteiger partial charge in [0.25, 0.3) is 0 Å². The highest BCUT2D eigenvalue weighted by Gasteiger charge is 2.23. The number of aromatic nitrogens is 2. The summed E-state index contributed by atoms with van der Waals surface area (Å²) >= 11 is 0. The number of hydrogen-bond donors (Lipinski definition) is 1. The van der Waals surface area contributed by atoms with Gasteiger partial charge in [0.1, 0.15) is 5.82 Å². The van der Waals surface area contributed by atoms with Crippen LogP contribution in [0, 0.1) is 5.82 Å². The molecular formula is C12H12FN3O. The maximum absolute atomic E-state index is 12.7. The SMILES string of the molecule is Fc1ccc(Cc2noc(NC3CC3)n2)cc1. The van der Waals surface area contributed by atoms with Gasteiger partial charge in [0, 0.05) is 12.5 Å². The lowest BCUT2D eigenvalue weighted by Gasteiger charge is -1.95. The molecule has 1 aromatic heterocycles. The first-order valence-corrected chi connectivity index (χ1v) is 5.63. The van der Waals surface area contributed by atoms with Crippen molar-refractivity contribution in [3.63, 3.8) is 0 Å². The molecule has 1 N–H and O–H groups in total. The molecule has 0 radical (unpaired) electrons. The summed E-state index contributed by atoms with van der Waals surface area (Å²) < 4.78 is 17.8. The zero-order valence-corrected chi connectivity index (χ0v) is 9.19. The molecule has 1 aliphatic rings. The molecule has 2 aromatic rings. The second-order valence-electron chi connectivity index (χ2n) is 4.24. The van der Waals surface area contributed by atoms with Gasteiger partial charge in [-0.05, 0) is 30.5 Å². The molecule has 0 unspecified atom stereocenters. The largest absolute Gasteiger partial charge is 0.335 e. The van der Waals surface area contributed by atoms with Crippen LogP contribution in [0.1, 0.15) is 24.2 Å². The Morgan fingerprint density at radius 3 is 2.76 bits per heavy atom. The third-order valence-electron chi connectivity index (χ3n) is 2.65. The second kappa shape index (κ2) is 4.16. The Balaban J connectivity index is 1.67. The molecule has 1 heterocycles. The van der Waals surface area contributed by atoms with Gasteiger partial charge in [-0.25, -0.2) is 4.39 Å². The minimum absolute atomic E-state index is 0.238. The number of rotatable bonds is 4. The van der Waals surface area contributed by atoms with E-state index in [-0.39, 0.29) is 5.82 Å². The van der Waals surface area contributed by atoms with Crippen LogP contribution in [0.2, 0.25) is 0 Å². The Labute approximate surface area is 97.8 Å². The van der Waals surface area contributed by atoms with E-state index >= 15 is 0 Å². The molecule has 0 bridgehead atoms. The van der Waals surface area contributed by atoms with E-state index < -0.39 is 0 Å². The summed E-state index contributed by atoms with van der Waals surface area (Å²) in [4.78, 5) is 4.23. The molecule has 0 spiro atoms. The fourth-order valence-electron chi connectivity index (χ4n) is 1.57. The number of nitrogens with zero attached hydrogens (tertiary/aromatic N) is 2. The van der Waals surface area contributed by atoms with Crippen molar-refractivity contribution in [2.45, 2.75) is 25.3 Å². The van der Waals surface area contributed by atoms with Gasteiger partial charge in [-0.2, -0.15) is 4.98 Å². The Kier molecular flexibility index (Phi) is 2.51. The maximum atomic E-state index is 12.7. The predicted octanol–water partition coefficient (Wildman–Crippen LogP) is 2.37. The van der Waals surface area contributed by atoms with E-state index in [2.05, 4.69) is 15.5 Å². The molecule has 0 aliphatic heterocycles. The minimum atomic E-state index is -0.238. The number of hydrogen-bond acceptors (Lipinski definition) is 4. The lowest BCUT2D eigenvalue weighted by molar-refractivity contribution is 0.423. The predicted molar refractivity (Wildman–Crippen MR) is 60.1 cm³/mol. The van der Waals surface area contributed by atoms with Crippen molar-refractivity contribution in [3.05, 3.63) is 41.5 Å². The van der Waals surface area contributed by atoms with Crippen molar-refractivity contribution in [3.8, 4) is 0 Å². The highest BCUT2D eigenvalue weighted by atomic mass is 19.1. The van der Waals surface area contributed by atoms with E-state index in [4.69, 9.17) is 4.52 Å².